The van der Waals surface area contributed by atoms with Gasteiger partial charge in [0, 0.05) is 0 Å². The first kappa shape index (κ1) is 9.36. The van der Waals surface area contributed by atoms with Gasteiger partial charge in [0.2, 0.25) is 0 Å². The van der Waals surface area contributed by atoms with Crippen molar-refractivity contribution in [1.82, 2.24) is 0 Å². The van der Waals surface area contributed by atoms with Crippen LogP contribution in [0, 0.1) is 0 Å². The van der Waals surface area contributed by atoms with Gasteiger partial charge < -0.3 is 5.11 Å². The Kier molecular flexibility index (Phi) is 5.51. The summed E-state index contributed by atoms with van der Waals surface area (Å²) in [7, 11) is 0. The van der Waals surface area contributed by atoms with Crippen LogP contribution < -0.4 is 0 Å². The monoisotopic (exact) mass is 152 g/mol. The molecular weight excluding hydrogens is 144 g/mol. The van der Waals surface area contributed by atoms with Crippen LogP contribution in [0.2, 0.25) is 0 Å². The Morgan fingerprint density at radius 2 is 1.45 bits per heavy atom. The van der Waals surface area contributed by atoms with E-state index in [9.17, 15) is 0 Å². The molecule has 1 N–H and O–H groups in total. The number of para-hydroxylation sites is 1. The summed E-state index contributed by atoms with van der Waals surface area (Å²) in [5.41, 5.74) is 0. The fourth-order valence-corrected chi connectivity index (χ4v) is 0.428. The number of phenols is 1. The van der Waals surface area contributed by atoms with Gasteiger partial charge in [-0.3, -0.25) is 9.59 Å². The number of hydrogen-bond acceptors (Lipinski definition) is 3. The largest absolute Gasteiger partial charge is 0.508 e. The van der Waals surface area contributed by atoms with E-state index in [4.69, 9.17) is 14.7 Å². The highest BCUT2D eigenvalue weighted by molar-refractivity contribution is 6.09. The fraction of sp³-hybridized carbons (Fsp3) is 0. The Labute approximate surface area is 64.3 Å². The maximum absolute atomic E-state index is 8.81. The van der Waals surface area contributed by atoms with Crippen LogP contribution in [-0.2, 0) is 9.59 Å². The maximum Gasteiger partial charge on any atom is 0.182 e. The average molecular weight is 152 g/mol. The van der Waals surface area contributed by atoms with Crippen LogP contribution in [0.3, 0.4) is 0 Å². The summed E-state index contributed by atoms with van der Waals surface area (Å²) in [6.45, 7) is 0. The molecule has 11 heavy (non-hydrogen) atoms. The van der Waals surface area contributed by atoms with Gasteiger partial charge in [-0.25, -0.2) is 0 Å². The van der Waals surface area contributed by atoms with Crippen molar-refractivity contribution in [2.45, 2.75) is 0 Å². The highest BCUT2D eigenvalue weighted by atomic mass is 16.3. The first-order valence-corrected chi connectivity index (χ1v) is 2.94. The molecule has 0 unspecified atom stereocenters. The molecule has 0 fully saturated rings. The zero-order chi connectivity index (χ0) is 8.53. The van der Waals surface area contributed by atoms with Gasteiger partial charge in [-0.05, 0) is 12.1 Å². The van der Waals surface area contributed by atoms with E-state index in [1.165, 1.54) is 0 Å². The molecule has 1 aromatic rings. The quantitative estimate of drug-likeness (QED) is 0.477. The van der Waals surface area contributed by atoms with Crippen molar-refractivity contribution in [3.05, 3.63) is 30.3 Å². The minimum absolute atomic E-state index is 0.194. The maximum atomic E-state index is 8.81. The van der Waals surface area contributed by atoms with Crippen LogP contribution in [0.25, 0.3) is 0 Å². The highest BCUT2D eigenvalue weighted by Crippen LogP contribution is 2.02. The molecule has 0 saturated carbocycles. The fourth-order valence-electron chi connectivity index (χ4n) is 0.428. The molecule has 0 atom stereocenters. The van der Waals surface area contributed by atoms with Crippen molar-refractivity contribution in [2.24, 2.45) is 0 Å². The van der Waals surface area contributed by atoms with Crippen molar-refractivity contribution in [3.63, 3.8) is 0 Å². The number of benzene rings is 1. The Bertz CT molecular complexity index is 200. The second kappa shape index (κ2) is 6.48. The number of hydrogen-bond donors (Lipinski definition) is 1. The van der Waals surface area contributed by atoms with Crippen LogP contribution >= 0.6 is 0 Å². The number of rotatable bonds is 1. The summed E-state index contributed by atoms with van der Waals surface area (Å²) in [6.07, 6.45) is 0.389. The molecule has 0 saturated heterocycles. The molecule has 0 aromatic heterocycles. The van der Waals surface area contributed by atoms with E-state index >= 15 is 0 Å². The van der Waals surface area contributed by atoms with Gasteiger partial charge in [-0.15, -0.1) is 0 Å². The van der Waals surface area contributed by atoms with E-state index in [2.05, 4.69) is 0 Å². The van der Waals surface area contributed by atoms with Crippen LogP contribution in [0.5, 0.6) is 5.75 Å². The molecule has 0 amide bonds. The standard InChI is InChI=1S/C6H6O.C2H2O2/c7-6-4-2-1-3-5-6;3-1-2-4/h1-5,7H;1-2H. The number of phenolic OH excluding ortho intramolecular Hbond substituents is 1. The molecule has 0 bridgehead atoms. The first-order valence-electron chi connectivity index (χ1n) is 2.94. The molecule has 0 aliphatic heterocycles. The Morgan fingerprint density at radius 1 is 1.00 bits per heavy atom. The predicted molar refractivity (Wildman–Crippen MR) is 40.2 cm³/mol. The second-order valence-corrected chi connectivity index (χ2v) is 1.61. The number of carbonyl (C=O) groups excluding carboxylic acids is 2. The van der Waals surface area contributed by atoms with E-state index in [1.807, 2.05) is 6.07 Å². The minimum Gasteiger partial charge on any atom is -0.508 e. The summed E-state index contributed by atoms with van der Waals surface area (Å²) < 4.78 is 0. The van der Waals surface area contributed by atoms with Gasteiger partial charge in [-0.1, -0.05) is 18.2 Å². The molecule has 58 valence electrons. The molecule has 0 radical (unpaired) electrons. The van der Waals surface area contributed by atoms with E-state index in [-0.39, 0.29) is 12.6 Å². The van der Waals surface area contributed by atoms with Crippen LogP contribution in [0.1, 0.15) is 0 Å². The Morgan fingerprint density at radius 3 is 1.64 bits per heavy atom. The molecule has 0 aliphatic rings. The lowest BCUT2D eigenvalue weighted by molar-refractivity contribution is -0.122. The van der Waals surface area contributed by atoms with Crippen molar-refractivity contribution in [3.8, 4) is 5.75 Å². The molecule has 0 heterocycles. The minimum atomic E-state index is 0.194. The van der Waals surface area contributed by atoms with Crippen molar-refractivity contribution < 1.29 is 14.7 Å². The summed E-state index contributed by atoms with van der Waals surface area (Å²) in [5.74, 6) is 0.322. The molecule has 0 spiro atoms. The van der Waals surface area contributed by atoms with Gasteiger partial charge in [-0.2, -0.15) is 0 Å². The smallest absolute Gasteiger partial charge is 0.182 e. The molecular formula is C8H8O3. The summed E-state index contributed by atoms with van der Waals surface area (Å²) in [5, 5.41) is 8.63. The van der Waals surface area contributed by atoms with E-state index in [0.717, 1.165) is 0 Å². The Hall–Kier alpha value is -1.64. The molecule has 1 rings (SSSR count). The second-order valence-electron chi connectivity index (χ2n) is 1.61. The third kappa shape index (κ3) is 6.24. The lowest BCUT2D eigenvalue weighted by atomic mass is 10.3. The van der Waals surface area contributed by atoms with Crippen LogP contribution in [0.15, 0.2) is 30.3 Å². The summed E-state index contributed by atoms with van der Waals surface area (Å²) >= 11 is 0. The molecule has 3 nitrogen and oxygen atoms in total. The first-order chi connectivity index (χ1) is 5.31. The summed E-state index contributed by atoms with van der Waals surface area (Å²) in [6, 6.07) is 8.71. The summed E-state index contributed by atoms with van der Waals surface area (Å²) in [4.78, 5) is 17.6. The van der Waals surface area contributed by atoms with Crippen molar-refractivity contribution in [2.75, 3.05) is 0 Å². The lowest BCUT2D eigenvalue weighted by Crippen LogP contribution is -1.62. The van der Waals surface area contributed by atoms with E-state index < -0.39 is 0 Å². The zero-order valence-corrected chi connectivity index (χ0v) is 5.81. The highest BCUT2D eigenvalue weighted by Gasteiger charge is 1.74. The molecule has 0 aliphatic carbocycles. The lowest BCUT2D eigenvalue weighted by Gasteiger charge is -1.82. The number of carbonyl (C=O) groups is 2. The van der Waals surface area contributed by atoms with Gasteiger partial charge in [0.05, 0.1) is 0 Å². The normalized spacial score (nSPS) is 7.27. The third-order valence-corrected chi connectivity index (χ3v) is 0.812. The number of aldehydes is 2. The van der Waals surface area contributed by atoms with E-state index in [0.29, 0.717) is 5.75 Å². The van der Waals surface area contributed by atoms with Gasteiger partial charge >= 0.3 is 0 Å². The molecule has 1 aromatic carbocycles. The van der Waals surface area contributed by atoms with Gasteiger partial charge in [0.15, 0.2) is 12.6 Å². The predicted octanol–water partition coefficient (Wildman–Crippen LogP) is 0.776. The zero-order valence-electron chi connectivity index (χ0n) is 5.81. The van der Waals surface area contributed by atoms with Crippen LogP contribution in [-0.4, -0.2) is 17.7 Å². The number of aromatic hydroxyl groups is 1. The Balaban J connectivity index is 0.000000218. The van der Waals surface area contributed by atoms with E-state index in [1.54, 1.807) is 24.3 Å². The van der Waals surface area contributed by atoms with Crippen molar-refractivity contribution >= 4 is 12.6 Å². The van der Waals surface area contributed by atoms with Gasteiger partial charge in [0.1, 0.15) is 5.75 Å². The topological polar surface area (TPSA) is 54.4 Å². The van der Waals surface area contributed by atoms with Crippen molar-refractivity contribution in [1.29, 1.82) is 0 Å². The average Bonchev–Trinajstić information content (AvgIpc) is 2.07. The van der Waals surface area contributed by atoms with Gasteiger partial charge in [0.25, 0.3) is 0 Å². The molecule has 3 heteroatoms. The SMILES string of the molecule is O=CC=O.Oc1ccccc1. The third-order valence-electron chi connectivity index (χ3n) is 0.812. The van der Waals surface area contributed by atoms with Crippen LogP contribution in [0.4, 0.5) is 0 Å².